The Morgan fingerprint density at radius 2 is 0.646 bits per heavy atom. The molecule has 0 aliphatic heterocycles. The molecule has 4 unspecified atom stereocenters. The molecular formula is C48H58. The predicted molar refractivity (Wildman–Crippen MR) is 209 cm³/mol. The second-order valence-corrected chi connectivity index (χ2v) is 19.8. The van der Waals surface area contributed by atoms with Gasteiger partial charge in [-0.2, -0.15) is 0 Å². The molecule has 10 rings (SSSR count). The summed E-state index contributed by atoms with van der Waals surface area (Å²) >= 11 is 0. The van der Waals surface area contributed by atoms with E-state index in [1.807, 2.05) is 36.5 Å². The Labute approximate surface area is 291 Å². The van der Waals surface area contributed by atoms with E-state index in [2.05, 4.69) is 91.4 Å². The van der Waals surface area contributed by atoms with Crippen molar-refractivity contribution in [1.82, 2.24) is 0 Å². The zero-order chi connectivity index (χ0) is 34.2. The second-order valence-electron chi connectivity index (χ2n) is 19.8. The molecule has 250 valence electrons. The Morgan fingerprint density at radius 3 is 0.875 bits per heavy atom. The molecule has 48 heavy (non-hydrogen) atoms. The van der Waals surface area contributed by atoms with Gasteiger partial charge in [0.2, 0.25) is 0 Å². The Kier molecular flexibility index (Phi) is 6.53. The minimum absolute atomic E-state index is 0.184. The van der Waals surface area contributed by atoms with Gasteiger partial charge >= 0.3 is 0 Å². The lowest BCUT2D eigenvalue weighted by atomic mass is 9.24. The zero-order valence-electron chi connectivity index (χ0n) is 30.5. The first-order valence-corrected chi connectivity index (χ1v) is 18.7. The largest absolute Gasteiger partial charge is 0.0984 e. The summed E-state index contributed by atoms with van der Waals surface area (Å²) in [6.45, 7) is 36.1. The maximum absolute atomic E-state index is 4.26. The lowest BCUT2D eigenvalue weighted by Gasteiger charge is -2.80. The van der Waals surface area contributed by atoms with Crippen LogP contribution in [-0.2, 0) is 10.8 Å². The van der Waals surface area contributed by atoms with Crippen LogP contribution in [0.15, 0.2) is 63.7 Å². The van der Waals surface area contributed by atoms with Crippen LogP contribution in [0.3, 0.4) is 0 Å². The highest BCUT2D eigenvalue weighted by atomic mass is 14.8. The molecule has 0 aromatic heterocycles. The fraction of sp³-hybridized carbons (Fsp3) is 0.500. The van der Waals surface area contributed by atoms with E-state index < -0.39 is 0 Å². The van der Waals surface area contributed by atoms with Crippen LogP contribution in [0.1, 0.15) is 149 Å². The predicted octanol–water partition coefficient (Wildman–Crippen LogP) is 13.5. The van der Waals surface area contributed by atoms with Crippen LogP contribution in [0.5, 0.6) is 0 Å². The maximum Gasteiger partial charge on any atom is -0.00307 e. The SMILES string of the molecule is C=Cc1cc(C23CC4(C)CC(C)(C2)CC(C25CC6(C)CC(C)(CC(c7cc(C=C)c(C=C)c(C=C)c7)(C6)C2)C5)(C4)C3)cc(C=C)c1C=C. The van der Waals surface area contributed by atoms with Gasteiger partial charge in [-0.15, -0.1) is 0 Å². The van der Waals surface area contributed by atoms with Crippen LogP contribution in [-0.4, -0.2) is 0 Å². The minimum atomic E-state index is 0.184. The first-order valence-electron chi connectivity index (χ1n) is 18.7. The summed E-state index contributed by atoms with van der Waals surface area (Å²) in [6.07, 6.45) is 28.4. The number of benzene rings is 2. The molecule has 8 aliphatic rings. The first kappa shape index (κ1) is 32.1. The van der Waals surface area contributed by atoms with Crippen LogP contribution in [0, 0.1) is 32.5 Å². The monoisotopic (exact) mass is 634 g/mol. The topological polar surface area (TPSA) is 0 Å². The van der Waals surface area contributed by atoms with E-state index in [-0.39, 0.29) is 10.8 Å². The van der Waals surface area contributed by atoms with Crippen molar-refractivity contribution in [3.05, 3.63) is 108 Å². The minimum Gasteiger partial charge on any atom is -0.0984 e. The quantitative estimate of drug-likeness (QED) is 0.257. The molecule has 8 saturated carbocycles. The van der Waals surface area contributed by atoms with Gasteiger partial charge in [0.1, 0.15) is 0 Å². The average Bonchev–Trinajstić information content (AvgIpc) is 2.99. The van der Waals surface area contributed by atoms with E-state index in [1.54, 1.807) is 11.1 Å². The van der Waals surface area contributed by atoms with Gasteiger partial charge in [0.15, 0.2) is 0 Å². The smallest absolute Gasteiger partial charge is 0.00307 e. The third-order valence-corrected chi connectivity index (χ3v) is 15.3. The van der Waals surface area contributed by atoms with Gasteiger partial charge in [-0.1, -0.05) is 128 Å². The highest BCUT2D eigenvalue weighted by molar-refractivity contribution is 5.75. The average molecular weight is 635 g/mol. The molecule has 0 heterocycles. The van der Waals surface area contributed by atoms with Crippen LogP contribution < -0.4 is 0 Å². The molecule has 2 aromatic carbocycles. The standard InChI is InChI=1S/C48H58/c1-11-33-17-37(18-34(12-2)39(33)15-5)45-23-41(7)21-42(8,24-45)28-47(27-41,31-45)48-29-43(9)22-44(10,30-48)26-46(25-43,32-48)38-19-35(13-3)40(16-6)36(14-4)20-38/h11-20H,1-6,21-32H2,7-10H3. The lowest BCUT2D eigenvalue weighted by molar-refractivity contribution is -0.275. The van der Waals surface area contributed by atoms with E-state index in [9.17, 15) is 0 Å². The van der Waals surface area contributed by atoms with Gasteiger partial charge in [0.05, 0.1) is 0 Å². The van der Waals surface area contributed by atoms with Gasteiger partial charge in [0, 0.05) is 0 Å². The van der Waals surface area contributed by atoms with Crippen molar-refractivity contribution < 1.29 is 0 Å². The van der Waals surface area contributed by atoms with Crippen molar-refractivity contribution >= 4 is 36.5 Å². The van der Waals surface area contributed by atoms with Gasteiger partial charge in [-0.05, 0) is 165 Å². The lowest BCUT2D eigenvalue weighted by Crippen LogP contribution is -2.71. The van der Waals surface area contributed by atoms with E-state index in [0.29, 0.717) is 32.5 Å². The summed E-state index contributed by atoms with van der Waals surface area (Å²) in [5.41, 5.74) is 12.8. The van der Waals surface area contributed by atoms with Gasteiger partial charge < -0.3 is 0 Å². The molecule has 0 spiro atoms. The normalized spacial score (nSPS) is 43.2. The van der Waals surface area contributed by atoms with Gasteiger partial charge in [0.25, 0.3) is 0 Å². The molecule has 8 bridgehead atoms. The van der Waals surface area contributed by atoms with Crippen molar-refractivity contribution in [2.24, 2.45) is 32.5 Å². The fourth-order valence-corrected chi connectivity index (χ4v) is 16.3. The van der Waals surface area contributed by atoms with E-state index in [0.717, 1.165) is 0 Å². The van der Waals surface area contributed by atoms with Crippen molar-refractivity contribution in [2.75, 3.05) is 0 Å². The van der Waals surface area contributed by atoms with Gasteiger partial charge in [-0.25, -0.2) is 0 Å². The van der Waals surface area contributed by atoms with Crippen LogP contribution >= 0.6 is 0 Å². The molecule has 0 amide bonds. The summed E-state index contributed by atoms with van der Waals surface area (Å²) in [6, 6.07) is 10.0. The van der Waals surface area contributed by atoms with Gasteiger partial charge in [-0.3, -0.25) is 0 Å². The molecule has 0 nitrogen and oxygen atoms in total. The van der Waals surface area contributed by atoms with E-state index in [1.165, 1.54) is 110 Å². The highest BCUT2D eigenvalue weighted by Crippen LogP contribution is 2.85. The van der Waals surface area contributed by atoms with Crippen molar-refractivity contribution in [1.29, 1.82) is 0 Å². The van der Waals surface area contributed by atoms with Crippen LogP contribution in [0.2, 0.25) is 0 Å². The summed E-state index contributed by atoms with van der Waals surface area (Å²) in [5.74, 6) is 0. The Morgan fingerprint density at radius 1 is 0.375 bits per heavy atom. The maximum atomic E-state index is 4.26. The van der Waals surface area contributed by atoms with Crippen LogP contribution in [0.4, 0.5) is 0 Å². The number of hydrogen-bond donors (Lipinski definition) is 0. The molecule has 0 heteroatoms. The molecule has 8 aliphatic carbocycles. The van der Waals surface area contributed by atoms with Crippen molar-refractivity contribution in [2.45, 2.75) is 116 Å². The van der Waals surface area contributed by atoms with E-state index in [4.69, 9.17) is 0 Å². The third-order valence-electron chi connectivity index (χ3n) is 15.3. The molecule has 0 N–H and O–H groups in total. The summed E-state index contributed by atoms with van der Waals surface area (Å²) in [5, 5.41) is 0. The zero-order valence-corrected chi connectivity index (χ0v) is 30.5. The third kappa shape index (κ3) is 4.20. The molecule has 0 saturated heterocycles. The molecule has 0 radical (unpaired) electrons. The summed E-state index contributed by atoms with van der Waals surface area (Å²) < 4.78 is 0. The van der Waals surface area contributed by atoms with Crippen molar-refractivity contribution in [3.63, 3.8) is 0 Å². The number of hydrogen-bond acceptors (Lipinski definition) is 0. The van der Waals surface area contributed by atoms with Crippen LogP contribution in [0.25, 0.3) is 36.5 Å². The molecule has 8 fully saturated rings. The molecule has 4 atom stereocenters. The molecular weight excluding hydrogens is 577 g/mol. The highest BCUT2D eigenvalue weighted by Gasteiger charge is 2.76. The molecule has 2 aromatic rings. The fourth-order valence-electron chi connectivity index (χ4n) is 16.3. The first-order chi connectivity index (χ1) is 22.6. The summed E-state index contributed by atoms with van der Waals surface area (Å²) in [7, 11) is 0. The second kappa shape index (κ2) is 9.77. The Balaban J connectivity index is 1.33. The van der Waals surface area contributed by atoms with E-state index >= 15 is 0 Å². The number of rotatable bonds is 9. The Hall–Kier alpha value is -3.12. The Bertz CT molecular complexity index is 1590. The summed E-state index contributed by atoms with van der Waals surface area (Å²) in [4.78, 5) is 0. The van der Waals surface area contributed by atoms with Crippen molar-refractivity contribution in [3.8, 4) is 0 Å².